The minimum absolute atomic E-state index is 0.520. The van der Waals surface area contributed by atoms with Crippen molar-refractivity contribution in [1.82, 2.24) is 0 Å². The van der Waals surface area contributed by atoms with E-state index in [1.807, 2.05) is 18.2 Å². The van der Waals surface area contributed by atoms with Crippen molar-refractivity contribution in [3.8, 4) is 11.1 Å². The van der Waals surface area contributed by atoms with E-state index in [1.165, 1.54) is 22.3 Å². The highest BCUT2D eigenvalue weighted by Gasteiger charge is 2.47. The van der Waals surface area contributed by atoms with Crippen LogP contribution in [0.3, 0.4) is 0 Å². The van der Waals surface area contributed by atoms with Gasteiger partial charge in [0.2, 0.25) is 0 Å². The van der Waals surface area contributed by atoms with Crippen LogP contribution in [0.5, 0.6) is 0 Å². The van der Waals surface area contributed by atoms with Gasteiger partial charge in [-0.15, -0.1) is 0 Å². The average Bonchev–Trinajstić information content (AvgIpc) is 3.39. The predicted octanol–water partition coefficient (Wildman–Crippen LogP) is 9.36. The predicted molar refractivity (Wildman–Crippen MR) is 144 cm³/mol. The van der Waals surface area contributed by atoms with Crippen LogP contribution in [0.4, 0.5) is 0 Å². The van der Waals surface area contributed by atoms with Crippen molar-refractivity contribution >= 4 is 49.5 Å². The van der Waals surface area contributed by atoms with Crippen molar-refractivity contribution in [1.29, 1.82) is 0 Å². The first-order valence-corrected chi connectivity index (χ1v) is 12.4. The van der Waals surface area contributed by atoms with E-state index in [1.54, 1.807) is 0 Å². The first-order chi connectivity index (χ1) is 16.7. The van der Waals surface area contributed by atoms with Gasteiger partial charge < -0.3 is 4.42 Å². The molecule has 0 unspecified atom stereocenters. The SMILES string of the molecule is Clc1ccc2c(c1)C(c1ccccc1)(c1ccccc1)c1cc(Br)c3c(oc4ccccc43)c1-2. The highest BCUT2D eigenvalue weighted by atomic mass is 79.9. The first-order valence-electron chi connectivity index (χ1n) is 11.3. The van der Waals surface area contributed by atoms with Crippen molar-refractivity contribution in [3.63, 3.8) is 0 Å². The molecule has 1 aliphatic carbocycles. The third-order valence-electron chi connectivity index (χ3n) is 7.07. The molecule has 0 aliphatic heterocycles. The van der Waals surface area contributed by atoms with E-state index < -0.39 is 5.41 Å². The molecule has 6 aromatic rings. The molecule has 5 aromatic carbocycles. The zero-order valence-corrected chi connectivity index (χ0v) is 20.4. The minimum atomic E-state index is -0.520. The molecule has 1 aromatic heterocycles. The number of rotatable bonds is 2. The lowest BCUT2D eigenvalue weighted by molar-refractivity contribution is 0.668. The van der Waals surface area contributed by atoms with Gasteiger partial charge in [-0.25, -0.2) is 0 Å². The lowest BCUT2D eigenvalue weighted by Gasteiger charge is -2.34. The molecule has 1 aliphatic rings. The van der Waals surface area contributed by atoms with E-state index in [-0.39, 0.29) is 0 Å². The monoisotopic (exact) mass is 520 g/mol. The molecule has 0 bridgehead atoms. The molecule has 0 saturated carbocycles. The van der Waals surface area contributed by atoms with E-state index in [0.29, 0.717) is 0 Å². The number of halogens is 2. The summed E-state index contributed by atoms with van der Waals surface area (Å²) < 4.78 is 7.59. The molecule has 0 amide bonds. The zero-order chi connectivity index (χ0) is 22.9. The maximum Gasteiger partial charge on any atom is 0.144 e. The molecule has 0 radical (unpaired) electrons. The molecule has 162 valence electrons. The molecule has 1 heterocycles. The van der Waals surface area contributed by atoms with Crippen LogP contribution in [-0.4, -0.2) is 0 Å². The number of hydrogen-bond donors (Lipinski definition) is 0. The first kappa shape index (κ1) is 20.1. The normalized spacial score (nSPS) is 13.8. The Morgan fingerprint density at radius 3 is 2.03 bits per heavy atom. The van der Waals surface area contributed by atoms with E-state index in [9.17, 15) is 0 Å². The minimum Gasteiger partial charge on any atom is -0.455 e. The summed E-state index contributed by atoms with van der Waals surface area (Å²) in [6, 6.07) is 38.2. The van der Waals surface area contributed by atoms with Crippen LogP contribution in [0.2, 0.25) is 5.02 Å². The standard InChI is InChI=1S/C31H18BrClO/c32-26-18-25-28(30-29(26)23-13-7-8-14-27(23)34-30)22-16-15-21(33)17-24(22)31(25,19-9-3-1-4-10-19)20-11-5-2-6-12-20/h1-18H. The van der Waals surface area contributed by atoms with Crippen molar-refractivity contribution in [3.05, 3.63) is 141 Å². The fourth-order valence-corrected chi connectivity index (χ4v) is 6.56. The summed E-state index contributed by atoms with van der Waals surface area (Å²) in [4.78, 5) is 0. The van der Waals surface area contributed by atoms with Crippen molar-refractivity contribution in [2.45, 2.75) is 5.41 Å². The number of benzene rings is 5. The van der Waals surface area contributed by atoms with Gasteiger partial charge in [-0.3, -0.25) is 0 Å². The Morgan fingerprint density at radius 2 is 1.32 bits per heavy atom. The molecule has 0 fully saturated rings. The van der Waals surface area contributed by atoms with Gasteiger partial charge in [0.25, 0.3) is 0 Å². The van der Waals surface area contributed by atoms with Gasteiger partial charge in [0.1, 0.15) is 11.2 Å². The van der Waals surface area contributed by atoms with Crippen LogP contribution in [0.25, 0.3) is 33.1 Å². The third kappa shape index (κ3) is 2.56. The summed E-state index contributed by atoms with van der Waals surface area (Å²) in [6.07, 6.45) is 0. The van der Waals surface area contributed by atoms with E-state index >= 15 is 0 Å². The Balaban J connectivity index is 1.74. The molecule has 3 heteroatoms. The third-order valence-corrected chi connectivity index (χ3v) is 7.93. The Bertz CT molecular complexity index is 1680. The van der Waals surface area contributed by atoms with Crippen molar-refractivity contribution in [2.24, 2.45) is 0 Å². The van der Waals surface area contributed by atoms with Gasteiger partial charge in [-0.05, 0) is 52.1 Å². The van der Waals surface area contributed by atoms with Crippen LogP contribution in [-0.2, 0) is 5.41 Å². The van der Waals surface area contributed by atoms with E-state index in [2.05, 4.69) is 107 Å². The van der Waals surface area contributed by atoms with Crippen molar-refractivity contribution < 1.29 is 4.42 Å². The summed E-state index contributed by atoms with van der Waals surface area (Å²) in [5.74, 6) is 0. The number of fused-ring (bicyclic) bond motifs is 7. The maximum absolute atomic E-state index is 6.65. The second kappa shape index (κ2) is 7.33. The quantitative estimate of drug-likeness (QED) is 0.221. The molecule has 34 heavy (non-hydrogen) atoms. The molecule has 0 spiro atoms. The van der Waals surface area contributed by atoms with Crippen LogP contribution < -0.4 is 0 Å². The molecular formula is C31H18BrClO. The van der Waals surface area contributed by atoms with Crippen LogP contribution in [0.15, 0.2) is 118 Å². The Morgan fingerprint density at radius 1 is 0.676 bits per heavy atom. The van der Waals surface area contributed by atoms with Crippen LogP contribution >= 0.6 is 27.5 Å². The van der Waals surface area contributed by atoms with E-state index in [0.717, 1.165) is 42.6 Å². The molecular weight excluding hydrogens is 504 g/mol. The van der Waals surface area contributed by atoms with Crippen molar-refractivity contribution in [2.75, 3.05) is 0 Å². The molecule has 7 rings (SSSR count). The number of hydrogen-bond acceptors (Lipinski definition) is 1. The van der Waals surface area contributed by atoms with Gasteiger partial charge in [-0.2, -0.15) is 0 Å². The highest BCUT2D eigenvalue weighted by Crippen LogP contribution is 2.59. The van der Waals surface area contributed by atoms with Gasteiger partial charge in [-0.1, -0.05) is 112 Å². The summed E-state index contributed by atoms with van der Waals surface area (Å²) in [5, 5.41) is 2.94. The van der Waals surface area contributed by atoms with Gasteiger partial charge in [0.15, 0.2) is 0 Å². The fourth-order valence-electron chi connectivity index (χ4n) is 5.77. The summed E-state index contributed by atoms with van der Waals surface area (Å²) in [5.41, 5.74) is 8.33. The van der Waals surface area contributed by atoms with Crippen LogP contribution in [0, 0.1) is 0 Å². The highest BCUT2D eigenvalue weighted by molar-refractivity contribution is 9.10. The van der Waals surface area contributed by atoms with Gasteiger partial charge in [0.05, 0.1) is 5.41 Å². The van der Waals surface area contributed by atoms with Gasteiger partial charge in [0, 0.05) is 25.8 Å². The smallest absolute Gasteiger partial charge is 0.144 e. The number of para-hydroxylation sites is 1. The second-order valence-corrected chi connectivity index (χ2v) is 10.0. The molecule has 0 atom stereocenters. The molecule has 1 nitrogen and oxygen atoms in total. The van der Waals surface area contributed by atoms with Crippen LogP contribution in [0.1, 0.15) is 22.3 Å². The topological polar surface area (TPSA) is 13.1 Å². The summed E-state index contributed by atoms with van der Waals surface area (Å²) in [7, 11) is 0. The zero-order valence-electron chi connectivity index (χ0n) is 18.1. The van der Waals surface area contributed by atoms with E-state index in [4.69, 9.17) is 16.0 Å². The molecule has 0 saturated heterocycles. The second-order valence-electron chi connectivity index (χ2n) is 8.76. The summed E-state index contributed by atoms with van der Waals surface area (Å²) >= 11 is 10.6. The Hall–Kier alpha value is -3.33. The van der Waals surface area contributed by atoms with Gasteiger partial charge >= 0.3 is 0 Å². The lowest BCUT2D eigenvalue weighted by atomic mass is 9.67. The Labute approximate surface area is 210 Å². The average molecular weight is 522 g/mol. The number of furan rings is 1. The Kier molecular flexibility index (Phi) is 4.33. The summed E-state index contributed by atoms with van der Waals surface area (Å²) in [6.45, 7) is 0. The lowest BCUT2D eigenvalue weighted by Crippen LogP contribution is -2.28. The fraction of sp³-hybridized carbons (Fsp3) is 0.0323. The molecule has 0 N–H and O–H groups in total. The largest absolute Gasteiger partial charge is 0.455 e. The maximum atomic E-state index is 6.65.